The Kier molecular flexibility index (Phi) is 4.95. The molecule has 1 N–H and O–H groups in total. The summed E-state index contributed by atoms with van der Waals surface area (Å²) in [4.78, 5) is 13.1. The van der Waals surface area contributed by atoms with Crippen LogP contribution < -0.4 is 5.32 Å². The van der Waals surface area contributed by atoms with Crippen LogP contribution in [0.15, 0.2) is 65.7 Å². The number of benzene rings is 2. The zero-order valence-electron chi connectivity index (χ0n) is 15.7. The highest BCUT2D eigenvalue weighted by atomic mass is 32.2. The summed E-state index contributed by atoms with van der Waals surface area (Å²) in [5, 5.41) is 3.94. The van der Waals surface area contributed by atoms with Gasteiger partial charge in [0.15, 0.2) is 0 Å². The van der Waals surface area contributed by atoms with Crippen molar-refractivity contribution >= 4 is 32.5 Å². The van der Waals surface area contributed by atoms with Crippen LogP contribution in [0.1, 0.15) is 19.8 Å². The predicted octanol–water partition coefficient (Wildman–Crippen LogP) is 3.45. The average Bonchev–Trinajstić information content (AvgIpc) is 3.35. The smallest absolute Gasteiger partial charge is 0.243 e. The Morgan fingerprint density at radius 2 is 1.93 bits per heavy atom. The molecule has 1 aliphatic rings. The third-order valence-corrected chi connectivity index (χ3v) is 7.16. The molecule has 0 radical (unpaired) electrons. The number of fused-ring (bicyclic) bond motifs is 1. The van der Waals surface area contributed by atoms with E-state index in [-0.39, 0.29) is 10.8 Å². The van der Waals surface area contributed by atoms with Gasteiger partial charge in [-0.1, -0.05) is 18.2 Å². The minimum atomic E-state index is -3.69. The Bertz CT molecular complexity index is 1110. The monoisotopic (exact) mass is 397 g/mol. The molecule has 0 spiro atoms. The van der Waals surface area contributed by atoms with E-state index in [0.29, 0.717) is 25.1 Å². The second-order valence-electron chi connectivity index (χ2n) is 6.95. The molecule has 7 heteroatoms. The fraction of sp³-hybridized carbons (Fsp3) is 0.286. The van der Waals surface area contributed by atoms with Gasteiger partial charge in [0.05, 0.1) is 4.90 Å². The van der Waals surface area contributed by atoms with Crippen LogP contribution in [0, 0.1) is 0 Å². The standard InChI is InChI=1S/C21H23N3O3S/c1-2-23-14-12-16-15-17(10-11-19(16)23)22-21(25)20-9-6-13-24(20)28(26,27)18-7-4-3-5-8-18/h3-5,7-8,10-12,14-15,20H,2,6,9,13H2,1H3,(H,22,25). The Balaban J connectivity index is 1.56. The lowest BCUT2D eigenvalue weighted by Crippen LogP contribution is -2.43. The van der Waals surface area contributed by atoms with Crippen LogP contribution in [0.5, 0.6) is 0 Å². The first-order valence-corrected chi connectivity index (χ1v) is 10.9. The maximum Gasteiger partial charge on any atom is 0.243 e. The lowest BCUT2D eigenvalue weighted by atomic mass is 10.2. The Hall–Kier alpha value is -2.64. The van der Waals surface area contributed by atoms with Crippen LogP contribution in [0.4, 0.5) is 5.69 Å². The fourth-order valence-electron chi connectivity index (χ4n) is 3.80. The number of anilines is 1. The van der Waals surface area contributed by atoms with Crippen LogP contribution >= 0.6 is 0 Å². The number of sulfonamides is 1. The molecular formula is C21H23N3O3S. The summed E-state index contributed by atoms with van der Waals surface area (Å²) in [6.07, 6.45) is 3.20. The number of rotatable bonds is 5. The minimum absolute atomic E-state index is 0.219. The van der Waals surface area contributed by atoms with Gasteiger partial charge in [0, 0.05) is 35.9 Å². The van der Waals surface area contributed by atoms with Crippen LogP contribution in [-0.2, 0) is 21.4 Å². The highest BCUT2D eigenvalue weighted by molar-refractivity contribution is 7.89. The van der Waals surface area contributed by atoms with Gasteiger partial charge in [-0.2, -0.15) is 4.31 Å². The van der Waals surface area contributed by atoms with Crippen molar-refractivity contribution in [2.75, 3.05) is 11.9 Å². The van der Waals surface area contributed by atoms with Crippen molar-refractivity contribution in [3.8, 4) is 0 Å². The first kappa shape index (κ1) is 18.7. The third kappa shape index (κ3) is 3.31. The number of hydrogen-bond acceptors (Lipinski definition) is 3. The number of aryl methyl sites for hydroxylation is 1. The summed E-state index contributed by atoms with van der Waals surface area (Å²) in [6, 6.07) is 15.4. The molecule has 28 heavy (non-hydrogen) atoms. The molecule has 1 fully saturated rings. The number of carbonyl (C=O) groups excluding carboxylic acids is 1. The van der Waals surface area contributed by atoms with Gasteiger partial charge < -0.3 is 9.88 Å². The second kappa shape index (κ2) is 7.41. The zero-order valence-corrected chi connectivity index (χ0v) is 16.5. The molecule has 1 aliphatic heterocycles. The van der Waals surface area contributed by atoms with Crippen molar-refractivity contribution in [1.82, 2.24) is 8.87 Å². The molecule has 0 saturated carbocycles. The molecule has 1 unspecified atom stereocenters. The predicted molar refractivity (Wildman–Crippen MR) is 110 cm³/mol. The molecule has 1 aromatic heterocycles. The highest BCUT2D eigenvalue weighted by Crippen LogP contribution is 2.27. The molecule has 3 aromatic rings. The van der Waals surface area contributed by atoms with E-state index in [1.807, 2.05) is 30.5 Å². The highest BCUT2D eigenvalue weighted by Gasteiger charge is 2.39. The Labute approximate surface area is 164 Å². The van der Waals surface area contributed by atoms with Crippen molar-refractivity contribution < 1.29 is 13.2 Å². The Morgan fingerprint density at radius 1 is 1.14 bits per heavy atom. The number of nitrogens with one attached hydrogen (secondary N) is 1. The van der Waals surface area contributed by atoms with Gasteiger partial charge in [-0.25, -0.2) is 8.42 Å². The SMILES string of the molecule is CCn1ccc2cc(NC(=O)C3CCCN3S(=O)(=O)c3ccccc3)ccc21. The number of hydrogen-bond donors (Lipinski definition) is 1. The second-order valence-corrected chi connectivity index (χ2v) is 8.84. The van der Waals surface area contributed by atoms with E-state index in [1.54, 1.807) is 30.3 Å². The van der Waals surface area contributed by atoms with E-state index in [4.69, 9.17) is 0 Å². The number of amides is 1. The molecule has 0 bridgehead atoms. The molecule has 146 valence electrons. The molecular weight excluding hydrogens is 374 g/mol. The van der Waals surface area contributed by atoms with Gasteiger partial charge in [0.1, 0.15) is 6.04 Å². The molecule has 2 heterocycles. The van der Waals surface area contributed by atoms with E-state index in [1.165, 1.54) is 4.31 Å². The van der Waals surface area contributed by atoms with Crippen molar-refractivity contribution in [3.05, 3.63) is 60.8 Å². The topological polar surface area (TPSA) is 71.4 Å². The summed E-state index contributed by atoms with van der Waals surface area (Å²) in [7, 11) is -3.69. The van der Waals surface area contributed by atoms with Crippen LogP contribution in [0.25, 0.3) is 10.9 Å². The minimum Gasteiger partial charge on any atom is -0.348 e. The first-order chi connectivity index (χ1) is 13.5. The normalized spacial score (nSPS) is 17.8. The van der Waals surface area contributed by atoms with Crippen LogP contribution in [0.3, 0.4) is 0 Å². The number of aromatic nitrogens is 1. The van der Waals surface area contributed by atoms with Crippen molar-refractivity contribution in [3.63, 3.8) is 0 Å². The summed E-state index contributed by atoms with van der Waals surface area (Å²) >= 11 is 0. The molecule has 6 nitrogen and oxygen atoms in total. The molecule has 1 amide bonds. The van der Waals surface area contributed by atoms with Crippen molar-refractivity contribution in [1.29, 1.82) is 0 Å². The molecule has 2 aromatic carbocycles. The summed E-state index contributed by atoms with van der Waals surface area (Å²) in [5.41, 5.74) is 1.78. The van der Waals surface area contributed by atoms with E-state index < -0.39 is 16.1 Å². The summed E-state index contributed by atoms with van der Waals surface area (Å²) in [5.74, 6) is -0.286. The van der Waals surface area contributed by atoms with Gasteiger partial charge in [-0.05, 0) is 56.2 Å². The summed E-state index contributed by atoms with van der Waals surface area (Å²) < 4.78 is 29.4. The maximum absolute atomic E-state index is 13.0. The van der Waals surface area contributed by atoms with Crippen LogP contribution in [0.2, 0.25) is 0 Å². The first-order valence-electron chi connectivity index (χ1n) is 9.47. The lowest BCUT2D eigenvalue weighted by Gasteiger charge is -2.23. The van der Waals surface area contributed by atoms with Gasteiger partial charge in [0.2, 0.25) is 15.9 Å². The largest absolute Gasteiger partial charge is 0.348 e. The van der Waals surface area contributed by atoms with E-state index in [2.05, 4.69) is 16.8 Å². The summed E-state index contributed by atoms with van der Waals surface area (Å²) in [6.45, 7) is 3.31. The molecule has 0 aliphatic carbocycles. The molecule has 4 rings (SSSR count). The fourth-order valence-corrected chi connectivity index (χ4v) is 5.47. The van der Waals surface area contributed by atoms with Crippen LogP contribution in [-0.4, -0.2) is 35.8 Å². The third-order valence-electron chi connectivity index (χ3n) is 5.24. The average molecular weight is 398 g/mol. The van der Waals surface area contributed by atoms with E-state index >= 15 is 0 Å². The van der Waals surface area contributed by atoms with E-state index in [9.17, 15) is 13.2 Å². The van der Waals surface area contributed by atoms with Crippen molar-refractivity contribution in [2.45, 2.75) is 37.2 Å². The quantitative estimate of drug-likeness (QED) is 0.717. The van der Waals surface area contributed by atoms with Gasteiger partial charge in [-0.15, -0.1) is 0 Å². The Morgan fingerprint density at radius 3 is 2.68 bits per heavy atom. The number of nitrogens with zero attached hydrogens (tertiary/aromatic N) is 2. The molecule has 1 atom stereocenters. The number of carbonyl (C=O) groups is 1. The van der Waals surface area contributed by atoms with Gasteiger partial charge >= 0.3 is 0 Å². The van der Waals surface area contributed by atoms with E-state index in [0.717, 1.165) is 17.4 Å². The van der Waals surface area contributed by atoms with Crippen molar-refractivity contribution in [2.24, 2.45) is 0 Å². The van der Waals surface area contributed by atoms with Gasteiger partial charge in [-0.3, -0.25) is 4.79 Å². The zero-order chi connectivity index (χ0) is 19.7. The van der Waals surface area contributed by atoms with Gasteiger partial charge in [0.25, 0.3) is 0 Å². The molecule has 1 saturated heterocycles. The lowest BCUT2D eigenvalue weighted by molar-refractivity contribution is -0.119. The maximum atomic E-state index is 13.0.